The lowest BCUT2D eigenvalue weighted by atomic mass is 10.1. The largest absolute Gasteiger partial charge is 0.484 e. The van der Waals surface area contributed by atoms with Crippen molar-refractivity contribution in [1.29, 1.82) is 0 Å². The molecule has 0 aromatic heterocycles. The van der Waals surface area contributed by atoms with Crippen molar-refractivity contribution in [3.8, 4) is 5.75 Å². The molecule has 0 heterocycles. The van der Waals surface area contributed by atoms with Crippen molar-refractivity contribution < 1.29 is 9.53 Å². The van der Waals surface area contributed by atoms with Crippen LogP contribution in [0.3, 0.4) is 0 Å². The van der Waals surface area contributed by atoms with Crippen LogP contribution in [0.4, 0.5) is 0 Å². The van der Waals surface area contributed by atoms with Gasteiger partial charge in [0.15, 0.2) is 6.61 Å². The lowest BCUT2D eigenvalue weighted by Crippen LogP contribution is -2.24. The number of hydrazone groups is 1. The van der Waals surface area contributed by atoms with Crippen LogP contribution in [0.5, 0.6) is 5.75 Å². The van der Waals surface area contributed by atoms with E-state index in [1.165, 1.54) is 18.4 Å². The third-order valence-electron chi connectivity index (χ3n) is 3.41. The van der Waals surface area contributed by atoms with Crippen LogP contribution < -0.4 is 10.2 Å². The summed E-state index contributed by atoms with van der Waals surface area (Å²) in [6, 6.07) is 15.5. The van der Waals surface area contributed by atoms with E-state index in [2.05, 4.69) is 33.4 Å². The van der Waals surface area contributed by atoms with Crippen LogP contribution in [-0.2, 0) is 11.2 Å². The SMILES string of the molecule is CCCCc1ccc(OCC(=O)N/N=C\c2ccccc2Br)cc1. The highest BCUT2D eigenvalue weighted by molar-refractivity contribution is 9.10. The molecular formula is C19H21BrN2O2. The minimum Gasteiger partial charge on any atom is -0.484 e. The molecule has 0 radical (unpaired) electrons. The Hall–Kier alpha value is -2.14. The summed E-state index contributed by atoms with van der Waals surface area (Å²) in [7, 11) is 0. The van der Waals surface area contributed by atoms with Crippen molar-refractivity contribution in [2.24, 2.45) is 5.10 Å². The standard InChI is InChI=1S/C19H21BrN2O2/c1-2-3-6-15-9-11-17(12-10-15)24-14-19(23)22-21-13-16-7-4-5-8-18(16)20/h4-5,7-13H,2-3,6,14H2,1H3,(H,22,23)/b21-13-. The van der Waals surface area contributed by atoms with Crippen LogP contribution in [0.2, 0.25) is 0 Å². The zero-order valence-electron chi connectivity index (χ0n) is 13.7. The molecule has 0 aliphatic carbocycles. The zero-order valence-corrected chi connectivity index (χ0v) is 15.3. The monoisotopic (exact) mass is 388 g/mol. The number of nitrogens with zero attached hydrogens (tertiary/aromatic N) is 1. The number of halogens is 1. The number of amides is 1. The van der Waals surface area contributed by atoms with Crippen LogP contribution in [0.1, 0.15) is 30.9 Å². The third kappa shape index (κ3) is 6.16. The highest BCUT2D eigenvalue weighted by atomic mass is 79.9. The Morgan fingerprint density at radius 1 is 1.21 bits per heavy atom. The normalized spacial score (nSPS) is 10.8. The molecular weight excluding hydrogens is 368 g/mol. The lowest BCUT2D eigenvalue weighted by Gasteiger charge is -2.06. The van der Waals surface area contributed by atoms with Gasteiger partial charge in [0.1, 0.15) is 5.75 Å². The summed E-state index contributed by atoms with van der Waals surface area (Å²) in [4.78, 5) is 11.7. The Bertz CT molecular complexity index is 684. The first-order valence-corrected chi connectivity index (χ1v) is 8.76. The van der Waals surface area contributed by atoms with Gasteiger partial charge < -0.3 is 4.74 Å². The average molecular weight is 389 g/mol. The molecule has 0 saturated heterocycles. The van der Waals surface area contributed by atoms with Gasteiger partial charge in [0, 0.05) is 10.0 Å². The van der Waals surface area contributed by atoms with E-state index in [0.29, 0.717) is 5.75 Å². The van der Waals surface area contributed by atoms with Gasteiger partial charge in [-0.2, -0.15) is 5.10 Å². The molecule has 24 heavy (non-hydrogen) atoms. The molecule has 0 atom stereocenters. The molecule has 0 saturated carbocycles. The maximum atomic E-state index is 11.7. The molecule has 0 fully saturated rings. The molecule has 4 nitrogen and oxygen atoms in total. The topological polar surface area (TPSA) is 50.7 Å². The Morgan fingerprint density at radius 3 is 2.67 bits per heavy atom. The second-order valence-electron chi connectivity index (χ2n) is 5.35. The quantitative estimate of drug-likeness (QED) is 0.540. The number of rotatable bonds is 8. The molecule has 1 amide bonds. The number of aryl methyl sites for hydroxylation is 1. The van der Waals surface area contributed by atoms with Crippen LogP contribution in [0.15, 0.2) is 58.1 Å². The number of carbonyl (C=O) groups excluding carboxylic acids is 1. The van der Waals surface area contributed by atoms with Gasteiger partial charge in [-0.15, -0.1) is 0 Å². The number of carbonyl (C=O) groups is 1. The van der Waals surface area contributed by atoms with Gasteiger partial charge in [-0.3, -0.25) is 4.79 Å². The first-order valence-electron chi connectivity index (χ1n) is 7.97. The van der Waals surface area contributed by atoms with E-state index in [-0.39, 0.29) is 12.5 Å². The van der Waals surface area contributed by atoms with Crippen molar-refractivity contribution >= 4 is 28.1 Å². The molecule has 2 aromatic carbocycles. The zero-order chi connectivity index (χ0) is 17.2. The lowest BCUT2D eigenvalue weighted by molar-refractivity contribution is -0.123. The number of benzene rings is 2. The van der Waals surface area contributed by atoms with E-state index in [0.717, 1.165) is 16.5 Å². The van der Waals surface area contributed by atoms with Gasteiger partial charge in [-0.05, 0) is 36.6 Å². The maximum Gasteiger partial charge on any atom is 0.277 e. The minimum atomic E-state index is -0.298. The maximum absolute atomic E-state index is 11.7. The van der Waals surface area contributed by atoms with Crippen molar-refractivity contribution in [2.45, 2.75) is 26.2 Å². The number of hydrogen-bond acceptors (Lipinski definition) is 3. The van der Waals surface area contributed by atoms with Crippen molar-refractivity contribution in [3.63, 3.8) is 0 Å². The fraction of sp³-hybridized carbons (Fsp3) is 0.263. The summed E-state index contributed by atoms with van der Waals surface area (Å²) in [5.74, 6) is 0.383. The third-order valence-corrected chi connectivity index (χ3v) is 4.13. The predicted molar refractivity (Wildman–Crippen MR) is 100 cm³/mol. The van der Waals surface area contributed by atoms with Crippen LogP contribution >= 0.6 is 15.9 Å². The molecule has 0 spiro atoms. The fourth-order valence-electron chi connectivity index (χ4n) is 2.07. The summed E-state index contributed by atoms with van der Waals surface area (Å²) in [6.45, 7) is 2.11. The Labute approximate surface area is 151 Å². The van der Waals surface area contributed by atoms with E-state index in [1.54, 1.807) is 6.21 Å². The molecule has 2 aromatic rings. The minimum absolute atomic E-state index is 0.0679. The van der Waals surface area contributed by atoms with Gasteiger partial charge in [0.05, 0.1) is 6.21 Å². The number of hydrogen-bond donors (Lipinski definition) is 1. The number of ether oxygens (including phenoxy) is 1. The average Bonchev–Trinajstić information content (AvgIpc) is 2.61. The summed E-state index contributed by atoms with van der Waals surface area (Å²) >= 11 is 3.42. The molecule has 0 bridgehead atoms. The van der Waals surface area contributed by atoms with Crippen LogP contribution in [0, 0.1) is 0 Å². The van der Waals surface area contributed by atoms with Gasteiger partial charge in [-0.25, -0.2) is 5.43 Å². The second-order valence-corrected chi connectivity index (χ2v) is 6.21. The fourth-order valence-corrected chi connectivity index (χ4v) is 2.46. The number of nitrogens with one attached hydrogen (secondary N) is 1. The smallest absolute Gasteiger partial charge is 0.277 e. The second kappa shape index (κ2) is 9.88. The Balaban J connectivity index is 1.76. The Morgan fingerprint density at radius 2 is 1.96 bits per heavy atom. The van der Waals surface area contributed by atoms with Gasteiger partial charge in [-0.1, -0.05) is 59.6 Å². The van der Waals surface area contributed by atoms with Crippen LogP contribution in [-0.4, -0.2) is 18.7 Å². The van der Waals surface area contributed by atoms with Crippen molar-refractivity contribution in [2.75, 3.05) is 6.61 Å². The first kappa shape index (κ1) is 18.2. The summed E-state index contributed by atoms with van der Waals surface area (Å²) in [5.41, 5.74) is 4.63. The Kier molecular flexibility index (Phi) is 7.49. The van der Waals surface area contributed by atoms with Gasteiger partial charge in [0.25, 0.3) is 5.91 Å². The van der Waals surface area contributed by atoms with E-state index in [9.17, 15) is 4.79 Å². The van der Waals surface area contributed by atoms with Gasteiger partial charge in [0.2, 0.25) is 0 Å². The summed E-state index contributed by atoms with van der Waals surface area (Å²) in [6.07, 6.45) is 5.02. The molecule has 0 aliphatic heterocycles. The summed E-state index contributed by atoms with van der Waals surface area (Å²) in [5, 5.41) is 3.93. The highest BCUT2D eigenvalue weighted by Gasteiger charge is 2.02. The van der Waals surface area contributed by atoms with Gasteiger partial charge >= 0.3 is 0 Å². The molecule has 5 heteroatoms. The first-order chi connectivity index (χ1) is 11.7. The van der Waals surface area contributed by atoms with E-state index in [4.69, 9.17) is 4.74 Å². The molecule has 126 valence electrons. The molecule has 1 N–H and O–H groups in total. The van der Waals surface area contributed by atoms with Crippen LogP contribution in [0.25, 0.3) is 0 Å². The van der Waals surface area contributed by atoms with E-state index < -0.39 is 0 Å². The molecule has 2 rings (SSSR count). The van der Waals surface area contributed by atoms with E-state index in [1.807, 2.05) is 48.5 Å². The predicted octanol–water partition coefficient (Wildman–Crippen LogP) is 4.32. The van der Waals surface area contributed by atoms with E-state index >= 15 is 0 Å². The molecule has 0 unspecified atom stereocenters. The van der Waals surface area contributed by atoms with Crippen molar-refractivity contribution in [1.82, 2.24) is 5.43 Å². The number of unbranched alkanes of at least 4 members (excludes halogenated alkanes) is 1. The highest BCUT2D eigenvalue weighted by Crippen LogP contribution is 2.14. The molecule has 0 aliphatic rings. The summed E-state index contributed by atoms with van der Waals surface area (Å²) < 4.78 is 6.38. The van der Waals surface area contributed by atoms with Crippen molar-refractivity contribution in [3.05, 3.63) is 64.1 Å².